The number of amides is 2. The number of alkyl carbamates (subject to hydrolysis) is 1. The van der Waals surface area contributed by atoms with E-state index in [0.717, 1.165) is 25.7 Å². The van der Waals surface area contributed by atoms with Gasteiger partial charge in [0.25, 0.3) is 0 Å². The van der Waals surface area contributed by atoms with Crippen LogP contribution in [0, 0.1) is 11.3 Å². The van der Waals surface area contributed by atoms with Crippen LogP contribution in [0.1, 0.15) is 60.3 Å². The summed E-state index contributed by atoms with van der Waals surface area (Å²) in [6.45, 7) is 10.7. The number of aliphatic imine (C=N–C) groups is 1. The lowest BCUT2D eigenvalue weighted by Crippen LogP contribution is -2.52. The van der Waals surface area contributed by atoms with Crippen LogP contribution in [0.5, 0.6) is 0 Å². The maximum absolute atomic E-state index is 12.7. The Kier molecular flexibility index (Phi) is 9.23. The highest BCUT2D eigenvalue weighted by Crippen LogP contribution is 2.38. The van der Waals surface area contributed by atoms with Crippen LogP contribution in [0.15, 0.2) is 4.99 Å². The highest BCUT2D eigenvalue weighted by atomic mass is 16.6. The molecular formula is C21H41N5O3. The second-order valence-electron chi connectivity index (χ2n) is 9.49. The molecule has 0 radical (unpaired) electrons. The van der Waals surface area contributed by atoms with Gasteiger partial charge in [0.15, 0.2) is 5.96 Å². The average molecular weight is 412 g/mol. The number of ether oxygens (including phenoxy) is 1. The number of rotatable bonds is 7. The summed E-state index contributed by atoms with van der Waals surface area (Å²) in [6, 6.07) is -0.118. The highest BCUT2D eigenvalue weighted by molar-refractivity contribution is 5.85. The van der Waals surface area contributed by atoms with Gasteiger partial charge in [-0.2, -0.15) is 0 Å². The van der Waals surface area contributed by atoms with E-state index < -0.39 is 11.7 Å². The molecule has 1 aliphatic rings. The topological polar surface area (TPSA) is 95.1 Å². The largest absolute Gasteiger partial charge is 0.444 e. The van der Waals surface area contributed by atoms with E-state index >= 15 is 0 Å². The molecule has 0 saturated heterocycles. The second kappa shape index (κ2) is 10.7. The van der Waals surface area contributed by atoms with Crippen molar-refractivity contribution in [2.75, 3.05) is 34.2 Å². The fourth-order valence-corrected chi connectivity index (χ4v) is 3.58. The zero-order valence-electron chi connectivity index (χ0n) is 19.5. The third-order valence-electron chi connectivity index (χ3n) is 5.23. The normalized spacial score (nSPS) is 17.6. The van der Waals surface area contributed by atoms with Crippen molar-refractivity contribution in [2.24, 2.45) is 16.3 Å². The van der Waals surface area contributed by atoms with E-state index in [1.807, 2.05) is 48.7 Å². The minimum Gasteiger partial charge on any atom is -0.444 e. The molecule has 1 saturated carbocycles. The van der Waals surface area contributed by atoms with Crippen LogP contribution in [0.25, 0.3) is 0 Å². The zero-order valence-corrected chi connectivity index (χ0v) is 19.5. The van der Waals surface area contributed by atoms with E-state index in [-0.39, 0.29) is 23.3 Å². The first-order valence-corrected chi connectivity index (χ1v) is 10.6. The van der Waals surface area contributed by atoms with E-state index in [1.165, 1.54) is 0 Å². The minimum absolute atomic E-state index is 0.118. The molecule has 1 rings (SSSR count). The number of guanidine groups is 1. The molecule has 0 aliphatic heterocycles. The number of hydrogen-bond donors (Lipinski definition) is 3. The SMILES string of the molecule is CN=C(NCC(NC(=O)OC(C)(C)C)C(C)C)NCC1(C(=O)N(C)C)CCCC1. The lowest BCUT2D eigenvalue weighted by atomic mass is 9.84. The molecule has 0 aromatic carbocycles. The summed E-state index contributed by atoms with van der Waals surface area (Å²) in [5.41, 5.74) is -0.904. The molecule has 3 N–H and O–H groups in total. The summed E-state index contributed by atoms with van der Waals surface area (Å²) < 4.78 is 5.36. The van der Waals surface area contributed by atoms with Gasteiger partial charge in [0.2, 0.25) is 5.91 Å². The summed E-state index contributed by atoms with van der Waals surface area (Å²) in [4.78, 5) is 30.8. The van der Waals surface area contributed by atoms with Crippen molar-refractivity contribution in [3.05, 3.63) is 0 Å². The molecule has 1 atom stereocenters. The molecule has 1 unspecified atom stereocenters. The van der Waals surface area contributed by atoms with Crippen LogP contribution < -0.4 is 16.0 Å². The molecule has 168 valence electrons. The molecule has 0 bridgehead atoms. The molecule has 2 amide bonds. The summed E-state index contributed by atoms with van der Waals surface area (Å²) >= 11 is 0. The Morgan fingerprint density at radius 2 is 1.72 bits per heavy atom. The van der Waals surface area contributed by atoms with Gasteiger partial charge < -0.3 is 25.6 Å². The van der Waals surface area contributed by atoms with Crippen LogP contribution in [0.3, 0.4) is 0 Å². The predicted molar refractivity (Wildman–Crippen MR) is 117 cm³/mol. The Morgan fingerprint density at radius 3 is 2.17 bits per heavy atom. The Morgan fingerprint density at radius 1 is 1.14 bits per heavy atom. The highest BCUT2D eigenvalue weighted by Gasteiger charge is 2.42. The number of nitrogens with one attached hydrogen (secondary N) is 3. The smallest absolute Gasteiger partial charge is 0.407 e. The third kappa shape index (κ3) is 8.11. The molecular weight excluding hydrogens is 370 g/mol. The molecule has 0 aromatic heterocycles. The first-order chi connectivity index (χ1) is 13.4. The number of carbonyl (C=O) groups excluding carboxylic acids is 2. The van der Waals surface area contributed by atoms with Gasteiger partial charge in [-0.3, -0.25) is 9.79 Å². The minimum atomic E-state index is -0.536. The fraction of sp³-hybridized carbons (Fsp3) is 0.857. The lowest BCUT2D eigenvalue weighted by molar-refractivity contribution is -0.138. The van der Waals surface area contributed by atoms with E-state index in [2.05, 4.69) is 20.9 Å². The predicted octanol–water partition coefficient (Wildman–Crippen LogP) is 2.35. The van der Waals surface area contributed by atoms with E-state index in [9.17, 15) is 9.59 Å². The fourth-order valence-electron chi connectivity index (χ4n) is 3.58. The van der Waals surface area contributed by atoms with Gasteiger partial charge in [0.05, 0.1) is 11.5 Å². The maximum Gasteiger partial charge on any atom is 0.407 e. The lowest BCUT2D eigenvalue weighted by Gasteiger charge is -2.32. The third-order valence-corrected chi connectivity index (χ3v) is 5.23. The van der Waals surface area contributed by atoms with Crippen molar-refractivity contribution in [3.8, 4) is 0 Å². The average Bonchev–Trinajstić information content (AvgIpc) is 3.08. The number of nitrogens with zero attached hydrogens (tertiary/aromatic N) is 2. The Labute approximate surface area is 176 Å². The standard InChI is InChI=1S/C21H41N5O3/c1-15(2)16(25-19(28)29-20(3,4)5)13-23-18(22-6)24-14-21(11-9-10-12-21)17(27)26(7)8/h15-16H,9-14H2,1-8H3,(H,25,28)(H2,22,23,24). The molecule has 29 heavy (non-hydrogen) atoms. The molecule has 0 heterocycles. The van der Waals surface area contributed by atoms with Gasteiger partial charge in [-0.25, -0.2) is 4.79 Å². The molecule has 0 spiro atoms. The monoisotopic (exact) mass is 411 g/mol. The Balaban J connectivity index is 2.64. The molecule has 1 fully saturated rings. The first-order valence-electron chi connectivity index (χ1n) is 10.6. The molecule has 1 aliphatic carbocycles. The summed E-state index contributed by atoms with van der Waals surface area (Å²) in [5.74, 6) is 1.01. The van der Waals surface area contributed by atoms with Crippen LogP contribution in [-0.4, -0.2) is 68.7 Å². The number of hydrogen-bond acceptors (Lipinski definition) is 4. The quantitative estimate of drug-likeness (QED) is 0.442. The zero-order chi connectivity index (χ0) is 22.2. The van der Waals surface area contributed by atoms with Crippen LogP contribution >= 0.6 is 0 Å². The van der Waals surface area contributed by atoms with Crippen molar-refractivity contribution in [1.29, 1.82) is 0 Å². The molecule has 8 heteroatoms. The van der Waals surface area contributed by atoms with Crippen molar-refractivity contribution in [2.45, 2.75) is 71.9 Å². The van der Waals surface area contributed by atoms with Gasteiger partial charge in [-0.05, 0) is 39.5 Å². The van der Waals surface area contributed by atoms with Crippen molar-refractivity contribution < 1.29 is 14.3 Å². The van der Waals surface area contributed by atoms with Gasteiger partial charge in [0, 0.05) is 34.2 Å². The van der Waals surface area contributed by atoms with Crippen molar-refractivity contribution in [1.82, 2.24) is 20.9 Å². The van der Waals surface area contributed by atoms with Crippen LogP contribution in [0.4, 0.5) is 4.79 Å². The summed E-state index contributed by atoms with van der Waals surface area (Å²) in [6.07, 6.45) is 3.50. The van der Waals surface area contributed by atoms with Gasteiger partial charge in [-0.15, -0.1) is 0 Å². The van der Waals surface area contributed by atoms with Gasteiger partial charge >= 0.3 is 6.09 Å². The van der Waals surface area contributed by atoms with E-state index in [4.69, 9.17) is 4.74 Å². The first kappa shape index (κ1) is 25.0. The van der Waals surface area contributed by atoms with Crippen molar-refractivity contribution in [3.63, 3.8) is 0 Å². The van der Waals surface area contributed by atoms with Crippen LogP contribution in [0.2, 0.25) is 0 Å². The Bertz CT molecular complexity index is 575. The van der Waals surface area contributed by atoms with E-state index in [1.54, 1.807) is 11.9 Å². The van der Waals surface area contributed by atoms with Crippen LogP contribution in [-0.2, 0) is 9.53 Å². The Hall–Kier alpha value is -1.99. The summed E-state index contributed by atoms with van der Waals surface area (Å²) in [7, 11) is 5.33. The molecule has 8 nitrogen and oxygen atoms in total. The van der Waals surface area contributed by atoms with Crippen molar-refractivity contribution >= 4 is 18.0 Å². The van der Waals surface area contributed by atoms with Gasteiger partial charge in [-0.1, -0.05) is 26.7 Å². The van der Waals surface area contributed by atoms with E-state index in [0.29, 0.717) is 19.0 Å². The number of carbonyl (C=O) groups is 2. The molecule has 0 aromatic rings. The second-order valence-corrected chi connectivity index (χ2v) is 9.49. The maximum atomic E-state index is 12.7. The van der Waals surface area contributed by atoms with Gasteiger partial charge in [0.1, 0.15) is 5.60 Å². The summed E-state index contributed by atoms with van der Waals surface area (Å²) in [5, 5.41) is 9.52.